The Labute approximate surface area is 67.3 Å². The lowest BCUT2D eigenvalue weighted by Crippen LogP contribution is -2.46. The fourth-order valence-electron chi connectivity index (χ4n) is 1.44. The third-order valence-electron chi connectivity index (χ3n) is 2.56. The van der Waals surface area contributed by atoms with Crippen molar-refractivity contribution in [3.8, 4) is 0 Å². The summed E-state index contributed by atoms with van der Waals surface area (Å²) < 4.78 is 0. The van der Waals surface area contributed by atoms with Crippen molar-refractivity contribution in [1.82, 2.24) is 5.32 Å². The van der Waals surface area contributed by atoms with Gasteiger partial charge in [-0.1, -0.05) is 6.42 Å². The zero-order chi connectivity index (χ0) is 8.32. The highest BCUT2D eigenvalue weighted by atomic mass is 16.1. The molecule has 0 aromatic carbocycles. The van der Waals surface area contributed by atoms with E-state index in [-0.39, 0.29) is 11.3 Å². The maximum atomic E-state index is 10.6. The molecule has 0 aliphatic heterocycles. The first-order valence-electron chi connectivity index (χ1n) is 4.13. The number of hydrogen-bond acceptors (Lipinski definition) is 2. The molecular weight excluding hydrogens is 140 g/mol. The highest BCUT2D eigenvalue weighted by molar-refractivity contribution is 5.72. The second-order valence-corrected chi connectivity index (χ2v) is 3.47. The molecule has 11 heavy (non-hydrogen) atoms. The van der Waals surface area contributed by atoms with E-state index in [1.807, 2.05) is 0 Å². The predicted molar refractivity (Wildman–Crippen MR) is 44.0 cm³/mol. The number of nitrogens with two attached hydrogens (primary N) is 1. The van der Waals surface area contributed by atoms with Crippen LogP contribution in [0.1, 0.15) is 26.2 Å². The normalized spacial score (nSPS) is 20.5. The van der Waals surface area contributed by atoms with E-state index in [2.05, 4.69) is 5.32 Å². The van der Waals surface area contributed by atoms with E-state index in [0.29, 0.717) is 6.54 Å². The van der Waals surface area contributed by atoms with Gasteiger partial charge in [-0.25, -0.2) is 0 Å². The van der Waals surface area contributed by atoms with Gasteiger partial charge in [0, 0.05) is 13.5 Å². The number of hydrogen-bond donors (Lipinski definition) is 2. The third kappa shape index (κ3) is 1.93. The molecule has 3 nitrogen and oxygen atoms in total. The molecule has 3 heteroatoms. The van der Waals surface area contributed by atoms with Crippen LogP contribution in [0.15, 0.2) is 0 Å². The molecule has 1 fully saturated rings. The van der Waals surface area contributed by atoms with Crippen LogP contribution in [0, 0.1) is 5.41 Å². The van der Waals surface area contributed by atoms with E-state index in [9.17, 15) is 4.79 Å². The summed E-state index contributed by atoms with van der Waals surface area (Å²) in [6, 6.07) is 0. The number of carbonyl (C=O) groups is 1. The summed E-state index contributed by atoms with van der Waals surface area (Å²) in [5, 5.41) is 2.82. The molecule has 0 radical (unpaired) electrons. The predicted octanol–water partition coefficient (Wildman–Crippen LogP) is 0.251. The third-order valence-corrected chi connectivity index (χ3v) is 2.56. The summed E-state index contributed by atoms with van der Waals surface area (Å²) in [4.78, 5) is 10.6. The van der Waals surface area contributed by atoms with Gasteiger partial charge in [0.2, 0.25) is 5.91 Å². The summed E-state index contributed by atoms with van der Waals surface area (Å²) in [5.41, 5.74) is 5.85. The van der Waals surface area contributed by atoms with Crippen LogP contribution in [0.25, 0.3) is 0 Å². The molecule has 0 aromatic rings. The maximum Gasteiger partial charge on any atom is 0.216 e. The molecule has 0 heterocycles. The van der Waals surface area contributed by atoms with Crippen molar-refractivity contribution in [2.75, 3.05) is 13.1 Å². The second-order valence-electron chi connectivity index (χ2n) is 3.47. The molecule has 0 saturated heterocycles. The van der Waals surface area contributed by atoms with E-state index in [4.69, 9.17) is 5.73 Å². The highest BCUT2D eigenvalue weighted by Crippen LogP contribution is 2.38. The quantitative estimate of drug-likeness (QED) is 0.615. The average molecular weight is 156 g/mol. The minimum absolute atomic E-state index is 0.0460. The monoisotopic (exact) mass is 156 g/mol. The van der Waals surface area contributed by atoms with Crippen molar-refractivity contribution in [2.45, 2.75) is 26.2 Å². The molecule has 1 aliphatic rings. The van der Waals surface area contributed by atoms with Gasteiger partial charge in [0.1, 0.15) is 0 Å². The summed E-state index contributed by atoms with van der Waals surface area (Å²) in [5.74, 6) is 0.0460. The van der Waals surface area contributed by atoms with E-state index in [1.54, 1.807) is 6.92 Å². The lowest BCUT2D eigenvalue weighted by atomic mass is 9.69. The second kappa shape index (κ2) is 3.22. The Bertz CT molecular complexity index is 147. The van der Waals surface area contributed by atoms with Crippen LogP contribution >= 0.6 is 0 Å². The topological polar surface area (TPSA) is 55.1 Å². The van der Waals surface area contributed by atoms with Crippen LogP contribution in [-0.4, -0.2) is 19.0 Å². The van der Waals surface area contributed by atoms with Crippen molar-refractivity contribution in [1.29, 1.82) is 0 Å². The van der Waals surface area contributed by atoms with Crippen LogP contribution in [0.4, 0.5) is 0 Å². The Balaban J connectivity index is 2.27. The molecule has 64 valence electrons. The van der Waals surface area contributed by atoms with Crippen molar-refractivity contribution in [3.63, 3.8) is 0 Å². The van der Waals surface area contributed by atoms with Gasteiger partial charge in [0.05, 0.1) is 0 Å². The van der Waals surface area contributed by atoms with Crippen molar-refractivity contribution < 1.29 is 4.79 Å². The van der Waals surface area contributed by atoms with Crippen molar-refractivity contribution >= 4 is 5.91 Å². The van der Waals surface area contributed by atoms with Crippen LogP contribution in [0.2, 0.25) is 0 Å². The Morgan fingerprint density at radius 2 is 2.27 bits per heavy atom. The van der Waals surface area contributed by atoms with Gasteiger partial charge in [0.25, 0.3) is 0 Å². The lowest BCUT2D eigenvalue weighted by Gasteiger charge is -2.40. The fourth-order valence-corrected chi connectivity index (χ4v) is 1.44. The van der Waals surface area contributed by atoms with E-state index in [1.165, 1.54) is 19.3 Å². The standard InChI is InChI=1S/C8H16N2O/c1-7(11)10-6-8(5-9)3-2-4-8/h2-6,9H2,1H3,(H,10,11). The summed E-state index contributed by atoms with van der Waals surface area (Å²) >= 11 is 0. The number of amides is 1. The minimum Gasteiger partial charge on any atom is -0.356 e. The van der Waals surface area contributed by atoms with E-state index in [0.717, 1.165) is 6.54 Å². The van der Waals surface area contributed by atoms with Gasteiger partial charge < -0.3 is 11.1 Å². The molecule has 1 aliphatic carbocycles. The molecule has 1 amide bonds. The Kier molecular flexibility index (Phi) is 2.49. The SMILES string of the molecule is CC(=O)NCC1(CN)CCC1. The summed E-state index contributed by atoms with van der Waals surface area (Å²) in [6.45, 7) is 3.01. The molecular formula is C8H16N2O. The van der Waals surface area contributed by atoms with Crippen LogP contribution < -0.4 is 11.1 Å². The Morgan fingerprint density at radius 1 is 1.64 bits per heavy atom. The van der Waals surface area contributed by atoms with E-state index < -0.39 is 0 Å². The van der Waals surface area contributed by atoms with Gasteiger partial charge in [-0.2, -0.15) is 0 Å². The minimum atomic E-state index is 0.0460. The summed E-state index contributed by atoms with van der Waals surface area (Å²) in [6.07, 6.45) is 3.60. The van der Waals surface area contributed by atoms with Crippen LogP contribution in [0.5, 0.6) is 0 Å². The number of carbonyl (C=O) groups excluding carboxylic acids is 1. The molecule has 0 bridgehead atoms. The van der Waals surface area contributed by atoms with Gasteiger partial charge in [0.15, 0.2) is 0 Å². The Hall–Kier alpha value is -0.570. The molecule has 1 saturated carbocycles. The van der Waals surface area contributed by atoms with Crippen molar-refractivity contribution in [3.05, 3.63) is 0 Å². The molecule has 1 rings (SSSR count). The smallest absolute Gasteiger partial charge is 0.216 e. The zero-order valence-corrected chi connectivity index (χ0v) is 7.02. The first kappa shape index (κ1) is 8.53. The van der Waals surface area contributed by atoms with Gasteiger partial charge in [-0.05, 0) is 24.8 Å². The van der Waals surface area contributed by atoms with E-state index >= 15 is 0 Å². The fraction of sp³-hybridized carbons (Fsp3) is 0.875. The average Bonchev–Trinajstić information content (AvgIpc) is 1.86. The largest absolute Gasteiger partial charge is 0.356 e. The molecule has 0 aromatic heterocycles. The zero-order valence-electron chi connectivity index (χ0n) is 7.02. The Morgan fingerprint density at radius 3 is 2.55 bits per heavy atom. The molecule has 0 spiro atoms. The summed E-state index contributed by atoms with van der Waals surface area (Å²) in [7, 11) is 0. The molecule has 0 unspecified atom stereocenters. The molecule has 0 atom stereocenters. The maximum absolute atomic E-state index is 10.6. The number of rotatable bonds is 3. The van der Waals surface area contributed by atoms with Gasteiger partial charge in [-0.3, -0.25) is 4.79 Å². The van der Waals surface area contributed by atoms with Gasteiger partial charge >= 0.3 is 0 Å². The first-order valence-corrected chi connectivity index (χ1v) is 4.13. The molecule has 3 N–H and O–H groups in total. The van der Waals surface area contributed by atoms with Gasteiger partial charge in [-0.15, -0.1) is 0 Å². The van der Waals surface area contributed by atoms with Crippen LogP contribution in [-0.2, 0) is 4.79 Å². The van der Waals surface area contributed by atoms with Crippen molar-refractivity contribution in [2.24, 2.45) is 11.1 Å². The highest BCUT2D eigenvalue weighted by Gasteiger charge is 2.35. The van der Waals surface area contributed by atoms with Crippen LogP contribution in [0.3, 0.4) is 0 Å². The lowest BCUT2D eigenvalue weighted by molar-refractivity contribution is -0.119. The first-order chi connectivity index (χ1) is 5.18. The number of nitrogens with one attached hydrogen (secondary N) is 1.